The summed E-state index contributed by atoms with van der Waals surface area (Å²) in [6.45, 7) is 10.4. The van der Waals surface area contributed by atoms with Crippen LogP contribution in [0.2, 0.25) is 0 Å². The Hall–Kier alpha value is -1.84. The summed E-state index contributed by atoms with van der Waals surface area (Å²) in [5.74, 6) is 1.17. The van der Waals surface area contributed by atoms with Crippen LogP contribution in [0.15, 0.2) is 24.3 Å². The first-order valence-corrected chi connectivity index (χ1v) is 7.50. The van der Waals surface area contributed by atoms with Crippen molar-refractivity contribution < 1.29 is 4.79 Å². The van der Waals surface area contributed by atoms with E-state index in [0.717, 1.165) is 16.9 Å². The van der Waals surface area contributed by atoms with Crippen molar-refractivity contribution in [2.45, 2.75) is 47.1 Å². The molecule has 0 saturated heterocycles. The Morgan fingerprint density at radius 2 is 1.95 bits per heavy atom. The van der Waals surface area contributed by atoms with Crippen LogP contribution in [0, 0.1) is 11.3 Å². The van der Waals surface area contributed by atoms with Gasteiger partial charge in [0.05, 0.1) is 17.1 Å². The van der Waals surface area contributed by atoms with Crippen molar-refractivity contribution in [2.24, 2.45) is 11.3 Å². The minimum Gasteiger partial charge on any atom is -0.346 e. The monoisotopic (exact) mass is 287 g/mol. The molecule has 1 amide bonds. The predicted molar refractivity (Wildman–Crippen MR) is 85.9 cm³/mol. The number of aromatic amines is 1. The van der Waals surface area contributed by atoms with E-state index in [4.69, 9.17) is 0 Å². The molecule has 2 rings (SSSR count). The Labute approximate surface area is 126 Å². The molecule has 1 aromatic carbocycles. The van der Waals surface area contributed by atoms with Gasteiger partial charge in [0.2, 0.25) is 5.91 Å². The van der Waals surface area contributed by atoms with Gasteiger partial charge < -0.3 is 10.3 Å². The molecule has 0 saturated carbocycles. The standard InChI is InChI=1S/C17H25N3O/c1-11(2)15(20-14(21)10-17(3,4)5)16-18-12-8-6-7-9-13(12)19-16/h6-9,11,15H,10H2,1-5H3,(H,18,19)(H,20,21). The first-order chi connectivity index (χ1) is 9.76. The zero-order valence-electron chi connectivity index (χ0n) is 13.5. The molecule has 0 fully saturated rings. The summed E-state index contributed by atoms with van der Waals surface area (Å²) >= 11 is 0. The number of amides is 1. The van der Waals surface area contributed by atoms with E-state index in [2.05, 4.69) is 49.9 Å². The fourth-order valence-corrected chi connectivity index (χ4v) is 2.38. The maximum Gasteiger partial charge on any atom is 0.221 e. The van der Waals surface area contributed by atoms with Crippen molar-refractivity contribution in [1.82, 2.24) is 15.3 Å². The zero-order valence-corrected chi connectivity index (χ0v) is 13.5. The summed E-state index contributed by atoms with van der Waals surface area (Å²) in [5, 5.41) is 3.12. The lowest BCUT2D eigenvalue weighted by molar-refractivity contribution is -0.123. The SMILES string of the molecule is CC(C)C(NC(=O)CC(C)(C)C)c1nc2ccccc2[nH]1. The van der Waals surface area contributed by atoms with Crippen molar-refractivity contribution in [2.75, 3.05) is 0 Å². The average molecular weight is 287 g/mol. The van der Waals surface area contributed by atoms with E-state index in [9.17, 15) is 4.79 Å². The number of carbonyl (C=O) groups is 1. The number of imidazole rings is 1. The van der Waals surface area contributed by atoms with Gasteiger partial charge in [0.25, 0.3) is 0 Å². The lowest BCUT2D eigenvalue weighted by atomic mass is 9.91. The van der Waals surface area contributed by atoms with Gasteiger partial charge in [-0.1, -0.05) is 46.8 Å². The molecule has 1 unspecified atom stereocenters. The van der Waals surface area contributed by atoms with Crippen molar-refractivity contribution in [3.05, 3.63) is 30.1 Å². The summed E-state index contributed by atoms with van der Waals surface area (Å²) in [5.41, 5.74) is 1.92. The van der Waals surface area contributed by atoms with Crippen LogP contribution < -0.4 is 5.32 Å². The third-order valence-electron chi connectivity index (χ3n) is 3.38. The molecule has 4 nitrogen and oxygen atoms in total. The average Bonchev–Trinajstić information content (AvgIpc) is 2.76. The number of benzene rings is 1. The van der Waals surface area contributed by atoms with Gasteiger partial charge in [0.1, 0.15) is 5.82 Å². The van der Waals surface area contributed by atoms with Gasteiger partial charge in [0.15, 0.2) is 0 Å². The number of aromatic nitrogens is 2. The lowest BCUT2D eigenvalue weighted by Gasteiger charge is -2.23. The Bertz CT molecular complexity index is 589. The van der Waals surface area contributed by atoms with Crippen molar-refractivity contribution in [1.29, 1.82) is 0 Å². The van der Waals surface area contributed by atoms with Crippen LogP contribution in [0.3, 0.4) is 0 Å². The summed E-state index contributed by atoms with van der Waals surface area (Å²) in [6, 6.07) is 7.83. The van der Waals surface area contributed by atoms with E-state index in [1.165, 1.54) is 0 Å². The van der Waals surface area contributed by atoms with Gasteiger partial charge in [-0.2, -0.15) is 0 Å². The van der Waals surface area contributed by atoms with Crippen molar-refractivity contribution in [3.8, 4) is 0 Å². The molecule has 1 heterocycles. The third-order valence-corrected chi connectivity index (χ3v) is 3.38. The maximum atomic E-state index is 12.2. The molecule has 0 spiro atoms. The van der Waals surface area contributed by atoms with E-state index in [0.29, 0.717) is 6.42 Å². The molecule has 0 aliphatic carbocycles. The fourth-order valence-electron chi connectivity index (χ4n) is 2.38. The highest BCUT2D eigenvalue weighted by atomic mass is 16.1. The van der Waals surface area contributed by atoms with Crippen LogP contribution >= 0.6 is 0 Å². The molecule has 2 N–H and O–H groups in total. The van der Waals surface area contributed by atoms with E-state index >= 15 is 0 Å². The highest BCUT2D eigenvalue weighted by Gasteiger charge is 2.24. The second-order valence-electron chi connectivity index (χ2n) is 7.17. The number of para-hydroxylation sites is 2. The number of hydrogen-bond donors (Lipinski definition) is 2. The highest BCUT2D eigenvalue weighted by Crippen LogP contribution is 2.24. The van der Waals surface area contributed by atoms with Gasteiger partial charge in [-0.05, 0) is 23.5 Å². The first kappa shape index (κ1) is 15.5. The molecule has 2 aromatic rings. The van der Waals surface area contributed by atoms with Gasteiger partial charge in [0, 0.05) is 6.42 Å². The molecule has 21 heavy (non-hydrogen) atoms. The Kier molecular flexibility index (Phi) is 4.35. The number of nitrogens with one attached hydrogen (secondary N) is 2. The van der Waals surface area contributed by atoms with Crippen LogP contribution in [0.25, 0.3) is 11.0 Å². The Morgan fingerprint density at radius 1 is 1.29 bits per heavy atom. The number of carbonyl (C=O) groups excluding carboxylic acids is 1. The Morgan fingerprint density at radius 3 is 2.52 bits per heavy atom. The molecular formula is C17H25N3O. The lowest BCUT2D eigenvalue weighted by Crippen LogP contribution is -2.34. The van der Waals surface area contributed by atoms with Crippen LogP contribution in [0.5, 0.6) is 0 Å². The van der Waals surface area contributed by atoms with E-state index in [1.54, 1.807) is 0 Å². The number of fused-ring (bicyclic) bond motifs is 1. The van der Waals surface area contributed by atoms with Crippen LogP contribution in [-0.2, 0) is 4.79 Å². The van der Waals surface area contributed by atoms with Gasteiger partial charge in [-0.3, -0.25) is 4.79 Å². The molecule has 0 radical (unpaired) electrons. The molecule has 0 aliphatic rings. The summed E-state index contributed by atoms with van der Waals surface area (Å²) in [4.78, 5) is 20.1. The number of nitrogens with zero attached hydrogens (tertiary/aromatic N) is 1. The topological polar surface area (TPSA) is 57.8 Å². The highest BCUT2D eigenvalue weighted by molar-refractivity contribution is 5.78. The molecule has 0 aliphatic heterocycles. The zero-order chi connectivity index (χ0) is 15.6. The molecule has 114 valence electrons. The minimum absolute atomic E-state index is 0.0144. The predicted octanol–water partition coefficient (Wildman–Crippen LogP) is 3.81. The quantitative estimate of drug-likeness (QED) is 0.898. The molecule has 1 atom stereocenters. The fraction of sp³-hybridized carbons (Fsp3) is 0.529. The van der Waals surface area contributed by atoms with Crippen LogP contribution in [0.1, 0.15) is 52.9 Å². The maximum absolute atomic E-state index is 12.2. The second-order valence-corrected chi connectivity index (χ2v) is 7.17. The Balaban J connectivity index is 2.21. The normalized spacial score (nSPS) is 13.6. The number of rotatable bonds is 4. The van der Waals surface area contributed by atoms with Crippen LogP contribution in [-0.4, -0.2) is 15.9 Å². The van der Waals surface area contributed by atoms with Gasteiger partial charge in [-0.15, -0.1) is 0 Å². The van der Waals surface area contributed by atoms with Crippen molar-refractivity contribution in [3.63, 3.8) is 0 Å². The smallest absolute Gasteiger partial charge is 0.221 e. The number of hydrogen-bond acceptors (Lipinski definition) is 2. The minimum atomic E-state index is -0.0905. The van der Waals surface area contributed by atoms with Crippen LogP contribution in [0.4, 0.5) is 0 Å². The van der Waals surface area contributed by atoms with Crippen molar-refractivity contribution >= 4 is 16.9 Å². The molecule has 1 aromatic heterocycles. The number of H-pyrrole nitrogens is 1. The molecule has 0 bridgehead atoms. The molecule has 4 heteroatoms. The third kappa shape index (κ3) is 4.06. The first-order valence-electron chi connectivity index (χ1n) is 7.50. The van der Waals surface area contributed by atoms with Gasteiger partial charge in [-0.25, -0.2) is 4.98 Å². The van der Waals surface area contributed by atoms with E-state index < -0.39 is 0 Å². The second kappa shape index (κ2) is 5.88. The summed E-state index contributed by atoms with van der Waals surface area (Å²) < 4.78 is 0. The van der Waals surface area contributed by atoms with E-state index in [-0.39, 0.29) is 23.3 Å². The molecular weight excluding hydrogens is 262 g/mol. The summed E-state index contributed by atoms with van der Waals surface area (Å²) in [7, 11) is 0. The largest absolute Gasteiger partial charge is 0.346 e. The van der Waals surface area contributed by atoms with E-state index in [1.807, 2.05) is 24.3 Å². The van der Waals surface area contributed by atoms with Gasteiger partial charge >= 0.3 is 0 Å². The summed E-state index contributed by atoms with van der Waals surface area (Å²) in [6.07, 6.45) is 0.510.